The van der Waals surface area contributed by atoms with Crippen molar-refractivity contribution in [2.45, 2.75) is 19.8 Å². The number of hydrogen-bond acceptors (Lipinski definition) is 2. The van der Waals surface area contributed by atoms with E-state index in [4.69, 9.17) is 6.42 Å². The summed E-state index contributed by atoms with van der Waals surface area (Å²) >= 11 is 0. The van der Waals surface area contributed by atoms with Crippen molar-refractivity contribution in [2.24, 2.45) is 5.92 Å². The minimum absolute atomic E-state index is 0.277. The van der Waals surface area contributed by atoms with E-state index in [0.29, 0.717) is 12.8 Å². The first-order valence-electron chi connectivity index (χ1n) is 3.82. The number of hydrogen-bond donors (Lipinski definition) is 1. The van der Waals surface area contributed by atoms with Gasteiger partial charge < -0.3 is 5.32 Å². The van der Waals surface area contributed by atoms with Crippen LogP contribution in [0.2, 0.25) is 0 Å². The molecule has 0 heterocycles. The minimum atomic E-state index is -0.542. The quantitative estimate of drug-likeness (QED) is 0.485. The molecule has 0 aromatic rings. The number of carbonyl (C=O) groups is 2. The first-order chi connectivity index (χ1) is 5.63. The van der Waals surface area contributed by atoms with Crippen LogP contribution in [0, 0.1) is 18.3 Å². The molecular formula is C9H13NO2. The average Bonchev–Trinajstić information content (AvgIpc) is 2.11. The number of amides is 1. The lowest BCUT2D eigenvalue weighted by Crippen LogP contribution is -2.31. The van der Waals surface area contributed by atoms with Gasteiger partial charge in [-0.25, -0.2) is 0 Å². The Bertz CT molecular complexity index is 215. The van der Waals surface area contributed by atoms with Crippen molar-refractivity contribution in [3.05, 3.63) is 0 Å². The smallest absolute Gasteiger partial charge is 0.287 e. The van der Waals surface area contributed by atoms with Gasteiger partial charge in [-0.3, -0.25) is 9.59 Å². The SMILES string of the molecule is C#CCCC(C)C(=O)C(=O)NC. The molecule has 0 fully saturated rings. The molecule has 3 heteroatoms. The molecule has 0 aliphatic carbocycles. The Hall–Kier alpha value is -1.30. The van der Waals surface area contributed by atoms with E-state index in [1.807, 2.05) is 0 Å². The van der Waals surface area contributed by atoms with E-state index in [9.17, 15) is 9.59 Å². The molecule has 0 saturated heterocycles. The van der Waals surface area contributed by atoms with Crippen molar-refractivity contribution in [1.29, 1.82) is 0 Å². The molecule has 1 amide bonds. The molecule has 66 valence electrons. The third kappa shape index (κ3) is 3.20. The van der Waals surface area contributed by atoms with Gasteiger partial charge in [0.15, 0.2) is 0 Å². The molecule has 3 nitrogen and oxygen atoms in total. The molecule has 0 rings (SSSR count). The second kappa shape index (κ2) is 5.36. The van der Waals surface area contributed by atoms with Crippen molar-refractivity contribution in [3.8, 4) is 12.3 Å². The first-order valence-corrected chi connectivity index (χ1v) is 3.82. The first kappa shape index (κ1) is 10.7. The van der Waals surface area contributed by atoms with Crippen molar-refractivity contribution in [1.82, 2.24) is 5.32 Å². The van der Waals surface area contributed by atoms with Crippen LogP contribution in [0.1, 0.15) is 19.8 Å². The van der Waals surface area contributed by atoms with Gasteiger partial charge in [0.2, 0.25) is 5.78 Å². The monoisotopic (exact) mass is 167 g/mol. The van der Waals surface area contributed by atoms with Gasteiger partial charge in [0.05, 0.1) is 0 Å². The van der Waals surface area contributed by atoms with Crippen LogP contribution in [0.3, 0.4) is 0 Å². The summed E-state index contributed by atoms with van der Waals surface area (Å²) in [7, 11) is 1.44. The fraction of sp³-hybridized carbons (Fsp3) is 0.556. The largest absolute Gasteiger partial charge is 0.353 e. The maximum absolute atomic E-state index is 11.1. The maximum Gasteiger partial charge on any atom is 0.287 e. The van der Waals surface area contributed by atoms with Crippen LogP contribution >= 0.6 is 0 Å². The van der Waals surface area contributed by atoms with E-state index in [1.54, 1.807) is 6.92 Å². The highest BCUT2D eigenvalue weighted by molar-refractivity contribution is 6.36. The Morgan fingerprint density at radius 2 is 2.17 bits per heavy atom. The number of Topliss-reactive ketones (excluding diaryl/α,β-unsaturated/α-hetero) is 1. The number of rotatable bonds is 4. The Morgan fingerprint density at radius 1 is 1.58 bits per heavy atom. The van der Waals surface area contributed by atoms with Crippen LogP contribution in [0.5, 0.6) is 0 Å². The van der Waals surface area contributed by atoms with Crippen LogP contribution in [0.15, 0.2) is 0 Å². The molecule has 12 heavy (non-hydrogen) atoms. The van der Waals surface area contributed by atoms with Gasteiger partial charge in [0, 0.05) is 19.4 Å². The van der Waals surface area contributed by atoms with Gasteiger partial charge in [-0.1, -0.05) is 6.92 Å². The fourth-order valence-electron chi connectivity index (χ4n) is 0.778. The maximum atomic E-state index is 11.1. The number of nitrogens with one attached hydrogen (secondary N) is 1. The Kier molecular flexibility index (Phi) is 4.78. The zero-order valence-electron chi connectivity index (χ0n) is 7.39. The normalized spacial score (nSPS) is 11.4. The summed E-state index contributed by atoms with van der Waals surface area (Å²) in [5.41, 5.74) is 0. The molecule has 0 saturated carbocycles. The van der Waals surface area contributed by atoms with Crippen molar-refractivity contribution >= 4 is 11.7 Å². The third-order valence-corrected chi connectivity index (χ3v) is 1.62. The van der Waals surface area contributed by atoms with Crippen molar-refractivity contribution < 1.29 is 9.59 Å². The van der Waals surface area contributed by atoms with Crippen LogP contribution in [0.4, 0.5) is 0 Å². The molecule has 0 aliphatic rings. The molecule has 0 spiro atoms. The third-order valence-electron chi connectivity index (χ3n) is 1.62. The average molecular weight is 167 g/mol. The van der Waals surface area contributed by atoms with Crippen molar-refractivity contribution in [2.75, 3.05) is 7.05 Å². The van der Waals surface area contributed by atoms with Crippen LogP contribution in [0.25, 0.3) is 0 Å². The summed E-state index contributed by atoms with van der Waals surface area (Å²) in [6, 6.07) is 0. The van der Waals surface area contributed by atoms with Gasteiger partial charge in [-0.2, -0.15) is 0 Å². The van der Waals surface area contributed by atoms with Gasteiger partial charge in [0.1, 0.15) is 0 Å². The van der Waals surface area contributed by atoms with E-state index in [2.05, 4.69) is 11.2 Å². The number of ketones is 1. The molecule has 1 N–H and O–H groups in total. The van der Waals surface area contributed by atoms with E-state index in [0.717, 1.165) is 0 Å². The van der Waals surface area contributed by atoms with Crippen LogP contribution in [-0.2, 0) is 9.59 Å². The van der Waals surface area contributed by atoms with E-state index < -0.39 is 11.7 Å². The van der Waals surface area contributed by atoms with Gasteiger partial charge in [-0.05, 0) is 6.42 Å². The summed E-state index contributed by atoms with van der Waals surface area (Å²) in [6.07, 6.45) is 6.13. The topological polar surface area (TPSA) is 46.2 Å². The standard InChI is InChI=1S/C9H13NO2/c1-4-5-6-7(2)8(11)9(12)10-3/h1,7H,5-6H2,2-3H3,(H,10,12). The van der Waals surface area contributed by atoms with Gasteiger partial charge in [0.25, 0.3) is 5.91 Å². The van der Waals surface area contributed by atoms with Gasteiger partial charge >= 0.3 is 0 Å². The summed E-state index contributed by atoms with van der Waals surface area (Å²) in [5.74, 6) is 1.21. The van der Waals surface area contributed by atoms with E-state index >= 15 is 0 Å². The van der Waals surface area contributed by atoms with Crippen LogP contribution in [-0.4, -0.2) is 18.7 Å². The summed E-state index contributed by atoms with van der Waals surface area (Å²) < 4.78 is 0. The fourth-order valence-corrected chi connectivity index (χ4v) is 0.778. The summed E-state index contributed by atoms with van der Waals surface area (Å²) in [6.45, 7) is 1.70. The lowest BCUT2D eigenvalue weighted by molar-refractivity contribution is -0.139. The molecule has 0 radical (unpaired) electrons. The Balaban J connectivity index is 3.94. The predicted octanol–water partition coefficient (Wildman–Crippen LogP) is 0.351. The van der Waals surface area contributed by atoms with E-state index in [-0.39, 0.29) is 5.92 Å². The molecule has 0 bridgehead atoms. The number of likely N-dealkylation sites (N-methyl/N-ethyl adjacent to an activating group) is 1. The summed E-state index contributed by atoms with van der Waals surface area (Å²) in [5, 5.41) is 2.28. The predicted molar refractivity (Wildman–Crippen MR) is 46.3 cm³/mol. The zero-order chi connectivity index (χ0) is 9.56. The molecular weight excluding hydrogens is 154 g/mol. The number of terminal acetylenes is 1. The highest BCUT2D eigenvalue weighted by Gasteiger charge is 2.18. The lowest BCUT2D eigenvalue weighted by Gasteiger charge is -2.05. The highest BCUT2D eigenvalue weighted by atomic mass is 16.2. The molecule has 1 atom stereocenters. The molecule has 0 aliphatic heterocycles. The second-order valence-corrected chi connectivity index (χ2v) is 2.59. The molecule has 0 aromatic heterocycles. The van der Waals surface area contributed by atoms with Crippen molar-refractivity contribution in [3.63, 3.8) is 0 Å². The van der Waals surface area contributed by atoms with Gasteiger partial charge in [-0.15, -0.1) is 12.3 Å². The Labute approximate surface area is 72.5 Å². The minimum Gasteiger partial charge on any atom is -0.353 e. The lowest BCUT2D eigenvalue weighted by atomic mass is 10.0. The molecule has 0 aromatic carbocycles. The second-order valence-electron chi connectivity index (χ2n) is 2.59. The Morgan fingerprint density at radius 3 is 2.58 bits per heavy atom. The molecule has 1 unspecified atom stereocenters. The zero-order valence-corrected chi connectivity index (χ0v) is 7.39. The van der Waals surface area contributed by atoms with E-state index in [1.165, 1.54) is 7.05 Å². The van der Waals surface area contributed by atoms with Crippen LogP contribution < -0.4 is 5.32 Å². The summed E-state index contributed by atoms with van der Waals surface area (Å²) in [4.78, 5) is 21.9. The number of carbonyl (C=O) groups excluding carboxylic acids is 2. The highest BCUT2D eigenvalue weighted by Crippen LogP contribution is 2.05.